The number of rotatable bonds is 4. The van der Waals surface area contributed by atoms with Crippen molar-refractivity contribution < 1.29 is 9.90 Å². The third kappa shape index (κ3) is 2.74. The molecule has 5 aliphatic carbocycles. The van der Waals surface area contributed by atoms with Gasteiger partial charge in [-0.3, -0.25) is 4.79 Å². The van der Waals surface area contributed by atoms with E-state index >= 15 is 0 Å². The molecular weight excluding hydrogens is 262 g/mol. The summed E-state index contributed by atoms with van der Waals surface area (Å²) in [5, 5.41) is 13.4. The second kappa shape index (κ2) is 4.97. The summed E-state index contributed by atoms with van der Waals surface area (Å²) >= 11 is 0. The number of hydrogen-bond donors (Lipinski definition) is 2. The molecule has 5 rings (SSSR count). The smallest absolute Gasteiger partial charge is 0.220 e. The van der Waals surface area contributed by atoms with Crippen molar-refractivity contribution in [3.8, 4) is 0 Å². The van der Waals surface area contributed by atoms with E-state index < -0.39 is 5.60 Å². The molecule has 4 bridgehead atoms. The van der Waals surface area contributed by atoms with Crippen LogP contribution in [-0.4, -0.2) is 23.2 Å². The Morgan fingerprint density at radius 3 is 2.05 bits per heavy atom. The molecule has 21 heavy (non-hydrogen) atoms. The van der Waals surface area contributed by atoms with Crippen molar-refractivity contribution in [3.05, 3.63) is 0 Å². The van der Waals surface area contributed by atoms with Crippen molar-refractivity contribution in [2.24, 2.45) is 23.2 Å². The number of amides is 1. The zero-order valence-electron chi connectivity index (χ0n) is 13.1. The Hall–Kier alpha value is -0.570. The lowest BCUT2D eigenvalue weighted by molar-refractivity contribution is -0.130. The second-order valence-electron chi connectivity index (χ2n) is 8.80. The van der Waals surface area contributed by atoms with E-state index in [-0.39, 0.29) is 5.91 Å². The third-order valence-electron chi connectivity index (χ3n) is 6.85. The lowest BCUT2D eigenvalue weighted by atomic mass is 9.49. The fourth-order valence-electron chi connectivity index (χ4n) is 6.38. The summed E-state index contributed by atoms with van der Waals surface area (Å²) in [5.41, 5.74) is -0.297. The molecule has 2 N–H and O–H groups in total. The molecule has 5 aliphatic rings. The fourth-order valence-corrected chi connectivity index (χ4v) is 6.38. The van der Waals surface area contributed by atoms with Crippen LogP contribution in [-0.2, 0) is 4.79 Å². The van der Waals surface area contributed by atoms with Crippen LogP contribution in [0.5, 0.6) is 0 Å². The van der Waals surface area contributed by atoms with Gasteiger partial charge in [0.15, 0.2) is 0 Å². The second-order valence-corrected chi connectivity index (χ2v) is 8.80. The van der Waals surface area contributed by atoms with E-state index in [4.69, 9.17) is 0 Å². The van der Waals surface area contributed by atoms with E-state index in [2.05, 4.69) is 5.32 Å². The molecule has 0 saturated heterocycles. The van der Waals surface area contributed by atoms with Crippen LogP contribution in [0.3, 0.4) is 0 Å². The van der Waals surface area contributed by atoms with Crippen LogP contribution in [0.2, 0.25) is 0 Å². The Kier molecular flexibility index (Phi) is 3.33. The van der Waals surface area contributed by atoms with Crippen LogP contribution in [0, 0.1) is 23.2 Å². The molecule has 0 heterocycles. The molecule has 5 saturated carbocycles. The van der Waals surface area contributed by atoms with Gasteiger partial charge in [0.25, 0.3) is 0 Å². The predicted octanol–water partition coefficient (Wildman–Crippen LogP) is 3.01. The van der Waals surface area contributed by atoms with Crippen LogP contribution in [0.25, 0.3) is 0 Å². The predicted molar refractivity (Wildman–Crippen MR) is 81.6 cm³/mol. The Morgan fingerprint density at radius 2 is 1.52 bits per heavy atom. The molecule has 1 amide bonds. The topological polar surface area (TPSA) is 49.3 Å². The van der Waals surface area contributed by atoms with Crippen molar-refractivity contribution in [3.63, 3.8) is 0 Å². The Labute approximate surface area is 127 Å². The Balaban J connectivity index is 1.34. The zero-order chi connectivity index (χ0) is 14.5. The van der Waals surface area contributed by atoms with Gasteiger partial charge in [-0.1, -0.05) is 12.8 Å². The first-order valence-corrected chi connectivity index (χ1v) is 9.03. The van der Waals surface area contributed by atoms with Gasteiger partial charge in [-0.15, -0.1) is 0 Å². The quantitative estimate of drug-likeness (QED) is 0.836. The van der Waals surface area contributed by atoms with E-state index in [0.29, 0.717) is 18.4 Å². The normalized spacial score (nSPS) is 43.2. The summed E-state index contributed by atoms with van der Waals surface area (Å²) in [6.45, 7) is 0.470. The van der Waals surface area contributed by atoms with Gasteiger partial charge < -0.3 is 10.4 Å². The van der Waals surface area contributed by atoms with E-state index in [1.165, 1.54) is 38.5 Å². The first-order chi connectivity index (χ1) is 10.0. The average molecular weight is 291 g/mol. The molecule has 0 aromatic carbocycles. The molecule has 118 valence electrons. The van der Waals surface area contributed by atoms with Gasteiger partial charge in [0.05, 0.1) is 5.60 Å². The molecule has 0 radical (unpaired) electrons. The van der Waals surface area contributed by atoms with Gasteiger partial charge in [0.2, 0.25) is 5.91 Å². The summed E-state index contributed by atoms with van der Waals surface area (Å²) in [6.07, 6.45) is 12.8. The SMILES string of the molecule is O=C(CC12CC3CC(CC(C3)C1)C2)NCC1(O)CCCC1. The van der Waals surface area contributed by atoms with Crippen LogP contribution >= 0.6 is 0 Å². The van der Waals surface area contributed by atoms with E-state index in [1.807, 2.05) is 0 Å². The summed E-state index contributed by atoms with van der Waals surface area (Å²) in [5.74, 6) is 2.91. The van der Waals surface area contributed by atoms with Crippen LogP contribution in [0.1, 0.15) is 70.6 Å². The van der Waals surface area contributed by atoms with Crippen LogP contribution in [0.15, 0.2) is 0 Å². The maximum Gasteiger partial charge on any atom is 0.220 e. The number of carbonyl (C=O) groups excluding carboxylic acids is 1. The maximum atomic E-state index is 12.4. The molecule has 3 nitrogen and oxygen atoms in total. The summed E-state index contributed by atoms with van der Waals surface area (Å²) < 4.78 is 0. The molecule has 0 unspecified atom stereocenters. The molecule has 0 aromatic rings. The van der Waals surface area contributed by atoms with Crippen molar-refractivity contribution in [1.29, 1.82) is 0 Å². The number of carbonyl (C=O) groups is 1. The van der Waals surface area contributed by atoms with Crippen LogP contribution < -0.4 is 5.32 Å². The van der Waals surface area contributed by atoms with Crippen molar-refractivity contribution >= 4 is 5.91 Å². The summed E-state index contributed by atoms with van der Waals surface area (Å²) in [6, 6.07) is 0. The highest BCUT2D eigenvalue weighted by molar-refractivity contribution is 5.76. The molecule has 0 aromatic heterocycles. The molecule has 0 aliphatic heterocycles. The highest BCUT2D eigenvalue weighted by atomic mass is 16.3. The largest absolute Gasteiger partial charge is 0.388 e. The highest BCUT2D eigenvalue weighted by Gasteiger charge is 2.51. The van der Waals surface area contributed by atoms with Gasteiger partial charge in [0.1, 0.15) is 0 Å². The van der Waals surface area contributed by atoms with E-state index in [1.54, 1.807) is 0 Å². The van der Waals surface area contributed by atoms with Gasteiger partial charge in [0, 0.05) is 13.0 Å². The zero-order valence-corrected chi connectivity index (χ0v) is 13.1. The Bertz CT molecular complexity index is 390. The number of aliphatic hydroxyl groups is 1. The van der Waals surface area contributed by atoms with Gasteiger partial charge >= 0.3 is 0 Å². The first-order valence-electron chi connectivity index (χ1n) is 9.03. The maximum absolute atomic E-state index is 12.4. The Morgan fingerprint density at radius 1 is 1.00 bits per heavy atom. The molecule has 3 heteroatoms. The first kappa shape index (κ1) is 14.0. The van der Waals surface area contributed by atoms with E-state index in [0.717, 1.165) is 43.4 Å². The molecule has 0 atom stereocenters. The summed E-state index contributed by atoms with van der Waals surface area (Å²) in [7, 11) is 0. The van der Waals surface area contributed by atoms with Crippen LogP contribution in [0.4, 0.5) is 0 Å². The van der Waals surface area contributed by atoms with Gasteiger partial charge in [-0.25, -0.2) is 0 Å². The van der Waals surface area contributed by atoms with Crippen molar-refractivity contribution in [2.75, 3.05) is 6.54 Å². The number of hydrogen-bond acceptors (Lipinski definition) is 2. The molecule has 5 fully saturated rings. The third-order valence-corrected chi connectivity index (χ3v) is 6.85. The minimum atomic E-state index is -0.614. The van der Waals surface area contributed by atoms with Crippen molar-refractivity contribution in [2.45, 2.75) is 76.2 Å². The van der Waals surface area contributed by atoms with Gasteiger partial charge in [-0.05, 0) is 74.5 Å². The highest BCUT2D eigenvalue weighted by Crippen LogP contribution is 2.61. The monoisotopic (exact) mass is 291 g/mol. The van der Waals surface area contributed by atoms with Crippen molar-refractivity contribution in [1.82, 2.24) is 5.32 Å². The average Bonchev–Trinajstić information content (AvgIpc) is 2.82. The summed E-state index contributed by atoms with van der Waals surface area (Å²) in [4.78, 5) is 12.4. The lowest BCUT2D eigenvalue weighted by Crippen LogP contribution is -2.49. The van der Waals surface area contributed by atoms with Gasteiger partial charge in [-0.2, -0.15) is 0 Å². The fraction of sp³-hybridized carbons (Fsp3) is 0.944. The molecule has 0 spiro atoms. The standard InChI is InChI=1S/C18H29NO2/c20-16(19-12-18(21)3-1-2-4-18)11-17-8-13-5-14(9-17)7-15(6-13)10-17/h13-15,21H,1-12H2,(H,19,20). The number of nitrogens with one attached hydrogen (secondary N) is 1. The lowest BCUT2D eigenvalue weighted by Gasteiger charge is -2.56. The minimum Gasteiger partial charge on any atom is -0.388 e. The minimum absolute atomic E-state index is 0.192. The molecular formula is C18H29NO2. The van der Waals surface area contributed by atoms with E-state index in [9.17, 15) is 9.90 Å².